The van der Waals surface area contributed by atoms with Gasteiger partial charge in [-0.05, 0) is 54.8 Å². The van der Waals surface area contributed by atoms with Gasteiger partial charge in [0.05, 0.1) is 7.11 Å². The minimum atomic E-state index is -0.587. The molecule has 1 amide bonds. The molecule has 0 radical (unpaired) electrons. The first kappa shape index (κ1) is 23.5. The second kappa shape index (κ2) is 12.0. The van der Waals surface area contributed by atoms with Crippen molar-refractivity contribution in [3.05, 3.63) is 59.2 Å². The molecule has 0 aromatic heterocycles. The van der Waals surface area contributed by atoms with Crippen LogP contribution in [-0.4, -0.2) is 32.1 Å². The molecule has 0 saturated carbocycles. The molecule has 0 atom stereocenters. The Morgan fingerprint density at radius 1 is 1.16 bits per heavy atom. The number of nitriles is 1. The third-order valence-corrected chi connectivity index (χ3v) is 4.25. The fourth-order valence-corrected chi connectivity index (χ4v) is 2.65. The van der Waals surface area contributed by atoms with Crippen molar-refractivity contribution >= 4 is 18.0 Å². The summed E-state index contributed by atoms with van der Waals surface area (Å²) >= 11 is 0. The van der Waals surface area contributed by atoms with Crippen LogP contribution >= 0.6 is 0 Å². The summed E-state index contributed by atoms with van der Waals surface area (Å²) in [5.74, 6) is 0.0604. The van der Waals surface area contributed by atoms with E-state index in [9.17, 15) is 14.9 Å². The van der Waals surface area contributed by atoms with E-state index in [1.54, 1.807) is 24.3 Å². The Morgan fingerprint density at radius 3 is 2.65 bits per heavy atom. The smallest absolute Gasteiger partial charge is 0.349 e. The lowest BCUT2D eigenvalue weighted by Gasteiger charge is -2.11. The SMILES string of the molecule is CCCCNC(=O)/C(C#N)=C/c1ccc(OC(=O)COc2cccc(C)c2)c(OC)c1. The lowest BCUT2D eigenvalue weighted by atomic mass is 10.1. The van der Waals surface area contributed by atoms with E-state index in [0.29, 0.717) is 23.6 Å². The van der Waals surface area contributed by atoms with Gasteiger partial charge in [-0.2, -0.15) is 5.26 Å². The molecule has 7 heteroatoms. The molecule has 0 bridgehead atoms. The van der Waals surface area contributed by atoms with Gasteiger partial charge in [-0.1, -0.05) is 31.5 Å². The lowest BCUT2D eigenvalue weighted by Crippen LogP contribution is -2.25. The highest BCUT2D eigenvalue weighted by atomic mass is 16.6. The average Bonchev–Trinajstić information content (AvgIpc) is 2.77. The molecule has 2 aromatic carbocycles. The number of nitrogens with one attached hydrogen (secondary N) is 1. The van der Waals surface area contributed by atoms with E-state index in [1.165, 1.54) is 13.2 Å². The van der Waals surface area contributed by atoms with Crippen molar-refractivity contribution in [3.8, 4) is 23.3 Å². The van der Waals surface area contributed by atoms with E-state index in [0.717, 1.165) is 18.4 Å². The van der Waals surface area contributed by atoms with Crippen LogP contribution < -0.4 is 19.5 Å². The van der Waals surface area contributed by atoms with Gasteiger partial charge in [0.15, 0.2) is 18.1 Å². The van der Waals surface area contributed by atoms with Crippen LogP contribution in [0.15, 0.2) is 48.0 Å². The van der Waals surface area contributed by atoms with Gasteiger partial charge in [-0.25, -0.2) is 4.79 Å². The Balaban J connectivity index is 2.05. The Hall–Kier alpha value is -3.79. The molecule has 0 aliphatic rings. The van der Waals surface area contributed by atoms with E-state index in [4.69, 9.17) is 14.2 Å². The number of methoxy groups -OCH3 is 1. The molecule has 0 heterocycles. The Morgan fingerprint density at radius 2 is 1.97 bits per heavy atom. The molecule has 2 rings (SSSR count). The molecule has 0 aliphatic heterocycles. The number of hydrogen-bond acceptors (Lipinski definition) is 6. The van der Waals surface area contributed by atoms with E-state index in [2.05, 4.69) is 5.32 Å². The number of nitrogens with zero attached hydrogens (tertiary/aromatic N) is 1. The van der Waals surface area contributed by atoms with Gasteiger partial charge < -0.3 is 19.5 Å². The predicted molar refractivity (Wildman–Crippen MR) is 117 cm³/mol. The van der Waals surface area contributed by atoms with Crippen molar-refractivity contribution in [1.82, 2.24) is 5.32 Å². The highest BCUT2D eigenvalue weighted by molar-refractivity contribution is 6.01. The summed E-state index contributed by atoms with van der Waals surface area (Å²) in [6, 6.07) is 14.0. The Labute approximate surface area is 182 Å². The molecule has 2 aromatic rings. The molecule has 0 saturated heterocycles. The van der Waals surface area contributed by atoms with Gasteiger partial charge in [-0.15, -0.1) is 0 Å². The lowest BCUT2D eigenvalue weighted by molar-refractivity contribution is -0.136. The van der Waals surface area contributed by atoms with Gasteiger partial charge in [0, 0.05) is 6.54 Å². The normalized spacial score (nSPS) is 10.7. The highest BCUT2D eigenvalue weighted by Gasteiger charge is 2.13. The second-order valence-corrected chi connectivity index (χ2v) is 6.77. The number of rotatable bonds is 10. The predicted octanol–water partition coefficient (Wildman–Crippen LogP) is 3.81. The summed E-state index contributed by atoms with van der Waals surface area (Å²) in [7, 11) is 1.44. The third-order valence-electron chi connectivity index (χ3n) is 4.25. The van der Waals surface area contributed by atoms with Crippen LogP contribution in [0.5, 0.6) is 17.2 Å². The van der Waals surface area contributed by atoms with Crippen LogP contribution in [0, 0.1) is 18.3 Å². The second-order valence-electron chi connectivity index (χ2n) is 6.77. The molecular formula is C24H26N2O5. The summed E-state index contributed by atoms with van der Waals surface area (Å²) < 4.78 is 16.1. The van der Waals surface area contributed by atoms with E-state index in [1.807, 2.05) is 38.1 Å². The third kappa shape index (κ3) is 7.52. The fourth-order valence-electron chi connectivity index (χ4n) is 2.65. The van der Waals surface area contributed by atoms with Gasteiger partial charge in [0.2, 0.25) is 0 Å². The first-order valence-corrected chi connectivity index (χ1v) is 9.95. The van der Waals surface area contributed by atoms with Crippen molar-refractivity contribution in [3.63, 3.8) is 0 Å². The van der Waals surface area contributed by atoms with Gasteiger partial charge in [0.25, 0.3) is 5.91 Å². The molecule has 0 spiro atoms. The summed E-state index contributed by atoms with van der Waals surface area (Å²) in [5, 5.41) is 12.0. The van der Waals surface area contributed by atoms with Crippen LogP contribution in [0.3, 0.4) is 0 Å². The quantitative estimate of drug-likeness (QED) is 0.206. The topological polar surface area (TPSA) is 97.7 Å². The number of carbonyl (C=O) groups is 2. The molecule has 0 aliphatic carbocycles. The number of esters is 1. The zero-order chi connectivity index (χ0) is 22.6. The molecule has 0 fully saturated rings. The zero-order valence-corrected chi connectivity index (χ0v) is 17.9. The molecule has 7 nitrogen and oxygen atoms in total. The van der Waals surface area contributed by atoms with Crippen molar-refractivity contribution in [1.29, 1.82) is 5.26 Å². The largest absolute Gasteiger partial charge is 0.493 e. The van der Waals surface area contributed by atoms with Gasteiger partial charge in [0.1, 0.15) is 17.4 Å². The van der Waals surface area contributed by atoms with Crippen LogP contribution in [0.2, 0.25) is 0 Å². The van der Waals surface area contributed by atoms with Gasteiger partial charge in [-0.3, -0.25) is 4.79 Å². The molecule has 0 unspecified atom stereocenters. The number of ether oxygens (including phenoxy) is 3. The number of benzene rings is 2. The van der Waals surface area contributed by atoms with Crippen LogP contribution in [0.4, 0.5) is 0 Å². The summed E-state index contributed by atoms with van der Waals surface area (Å²) in [6.07, 6.45) is 3.24. The standard InChI is InChI=1S/C24H26N2O5/c1-4-5-11-26-24(28)19(15-25)13-18-9-10-21(22(14-18)29-3)31-23(27)16-30-20-8-6-7-17(2)12-20/h6-10,12-14H,4-5,11,16H2,1-3H3,(H,26,28)/b19-13+. The molecule has 31 heavy (non-hydrogen) atoms. The molecule has 162 valence electrons. The maximum atomic E-state index is 12.2. The number of amides is 1. The monoisotopic (exact) mass is 422 g/mol. The number of hydrogen-bond donors (Lipinski definition) is 1. The summed E-state index contributed by atoms with van der Waals surface area (Å²) in [6.45, 7) is 4.20. The highest BCUT2D eigenvalue weighted by Crippen LogP contribution is 2.29. The summed E-state index contributed by atoms with van der Waals surface area (Å²) in [4.78, 5) is 24.3. The minimum Gasteiger partial charge on any atom is -0.493 e. The maximum Gasteiger partial charge on any atom is 0.349 e. The maximum absolute atomic E-state index is 12.2. The first-order chi connectivity index (χ1) is 15.0. The number of unbranched alkanes of at least 4 members (excludes halogenated alkanes) is 1. The van der Waals surface area contributed by atoms with Crippen molar-refractivity contribution in [2.75, 3.05) is 20.3 Å². The van der Waals surface area contributed by atoms with E-state index >= 15 is 0 Å². The van der Waals surface area contributed by atoms with Crippen LogP contribution in [-0.2, 0) is 9.59 Å². The van der Waals surface area contributed by atoms with Crippen molar-refractivity contribution in [2.24, 2.45) is 0 Å². The van der Waals surface area contributed by atoms with Gasteiger partial charge >= 0.3 is 5.97 Å². The fraction of sp³-hybridized carbons (Fsp3) is 0.292. The average molecular weight is 422 g/mol. The van der Waals surface area contributed by atoms with E-state index < -0.39 is 11.9 Å². The Bertz CT molecular complexity index is 992. The van der Waals surface area contributed by atoms with Crippen LogP contribution in [0.1, 0.15) is 30.9 Å². The van der Waals surface area contributed by atoms with Crippen molar-refractivity contribution < 1.29 is 23.8 Å². The molecule has 1 N–H and O–H groups in total. The first-order valence-electron chi connectivity index (χ1n) is 9.95. The number of carbonyl (C=O) groups excluding carboxylic acids is 2. The van der Waals surface area contributed by atoms with E-state index in [-0.39, 0.29) is 17.9 Å². The van der Waals surface area contributed by atoms with Crippen molar-refractivity contribution in [2.45, 2.75) is 26.7 Å². The Kier molecular flexibility index (Phi) is 9.12. The summed E-state index contributed by atoms with van der Waals surface area (Å²) in [5.41, 5.74) is 1.57. The zero-order valence-electron chi connectivity index (χ0n) is 17.9. The number of aryl methyl sites for hydroxylation is 1. The minimum absolute atomic E-state index is 0.0190. The molecular weight excluding hydrogens is 396 g/mol. The van der Waals surface area contributed by atoms with Crippen LogP contribution in [0.25, 0.3) is 6.08 Å².